The third kappa shape index (κ3) is 4.55. The molecular weight excluding hydrogens is 276 g/mol. The van der Waals surface area contributed by atoms with E-state index in [0.717, 1.165) is 0 Å². The van der Waals surface area contributed by atoms with E-state index in [4.69, 9.17) is 4.74 Å². The molecule has 1 amide bonds. The van der Waals surface area contributed by atoms with Gasteiger partial charge in [-0.3, -0.25) is 19.7 Å². The quantitative estimate of drug-likeness (QED) is 0.452. The van der Waals surface area contributed by atoms with Gasteiger partial charge in [-0.1, -0.05) is 12.1 Å². The molecule has 0 saturated carbocycles. The van der Waals surface area contributed by atoms with E-state index >= 15 is 0 Å². The van der Waals surface area contributed by atoms with E-state index in [0.29, 0.717) is 5.56 Å². The van der Waals surface area contributed by atoms with Crippen LogP contribution in [0, 0.1) is 10.1 Å². The summed E-state index contributed by atoms with van der Waals surface area (Å²) in [7, 11) is 1.49. The zero-order chi connectivity index (χ0) is 16.0. The van der Waals surface area contributed by atoms with Gasteiger partial charge in [0.15, 0.2) is 0 Å². The predicted octanol–water partition coefficient (Wildman–Crippen LogP) is 1.72. The van der Waals surface area contributed by atoms with E-state index in [1.807, 2.05) is 0 Å². The van der Waals surface area contributed by atoms with Crippen LogP contribution in [0.1, 0.15) is 25.3 Å². The molecule has 0 N–H and O–H groups in total. The predicted molar refractivity (Wildman–Crippen MR) is 75.8 cm³/mol. The first-order valence-corrected chi connectivity index (χ1v) is 6.51. The summed E-state index contributed by atoms with van der Waals surface area (Å²) in [5, 5.41) is 10.7. The molecule has 1 aromatic rings. The van der Waals surface area contributed by atoms with Crippen LogP contribution in [-0.2, 0) is 14.3 Å². The highest BCUT2D eigenvalue weighted by Crippen LogP contribution is 2.22. The fourth-order valence-electron chi connectivity index (χ4n) is 1.86. The number of nitro groups is 1. The number of carbonyl (C=O) groups excluding carboxylic acids is 2. The first-order valence-electron chi connectivity index (χ1n) is 6.51. The minimum atomic E-state index is -0.579. The lowest BCUT2D eigenvalue weighted by atomic mass is 9.99. The van der Waals surface area contributed by atoms with Crippen LogP contribution >= 0.6 is 0 Å². The van der Waals surface area contributed by atoms with Gasteiger partial charge in [0.1, 0.15) is 6.54 Å². The van der Waals surface area contributed by atoms with Crippen molar-refractivity contribution in [3.8, 4) is 0 Å². The molecule has 7 nitrogen and oxygen atoms in total. The minimum absolute atomic E-state index is 0.0693. The second-order valence-corrected chi connectivity index (χ2v) is 4.57. The Kier molecular flexibility index (Phi) is 5.83. The second kappa shape index (κ2) is 7.37. The largest absolute Gasteiger partial charge is 0.465 e. The molecule has 0 aliphatic heterocycles. The molecule has 0 heterocycles. The van der Waals surface area contributed by atoms with E-state index in [9.17, 15) is 19.7 Å². The molecule has 0 bridgehead atoms. The van der Waals surface area contributed by atoms with E-state index in [2.05, 4.69) is 0 Å². The van der Waals surface area contributed by atoms with Crippen LogP contribution in [0.2, 0.25) is 0 Å². The Morgan fingerprint density at radius 2 is 2.10 bits per heavy atom. The number of nitro benzene ring substituents is 1. The Balaban J connectivity index is 2.80. The van der Waals surface area contributed by atoms with Crippen molar-refractivity contribution in [1.29, 1.82) is 0 Å². The molecule has 1 aromatic carbocycles. The molecule has 0 spiro atoms. The molecule has 7 heteroatoms. The fraction of sp³-hybridized carbons (Fsp3) is 0.429. The zero-order valence-electron chi connectivity index (χ0n) is 12.2. The average Bonchev–Trinajstić information content (AvgIpc) is 2.45. The number of carbonyl (C=O) groups is 2. The highest BCUT2D eigenvalue weighted by molar-refractivity contribution is 5.86. The monoisotopic (exact) mass is 294 g/mol. The van der Waals surface area contributed by atoms with Gasteiger partial charge in [-0.05, 0) is 19.4 Å². The number of benzene rings is 1. The van der Waals surface area contributed by atoms with Gasteiger partial charge in [-0.2, -0.15) is 0 Å². The van der Waals surface area contributed by atoms with Crippen LogP contribution in [0.5, 0.6) is 0 Å². The van der Waals surface area contributed by atoms with Crippen molar-refractivity contribution in [3.63, 3.8) is 0 Å². The maximum atomic E-state index is 12.2. The number of ether oxygens (including phenoxy) is 1. The minimum Gasteiger partial charge on any atom is -0.465 e. The van der Waals surface area contributed by atoms with E-state index < -0.39 is 16.8 Å². The first kappa shape index (κ1) is 16.6. The number of likely N-dealkylation sites (N-methyl/N-ethyl adjacent to an activating group) is 1. The van der Waals surface area contributed by atoms with Crippen LogP contribution in [-0.4, -0.2) is 41.9 Å². The molecule has 1 atom stereocenters. The van der Waals surface area contributed by atoms with Crippen molar-refractivity contribution in [2.45, 2.75) is 19.8 Å². The highest BCUT2D eigenvalue weighted by atomic mass is 16.6. The molecule has 114 valence electrons. The number of esters is 1. The lowest BCUT2D eigenvalue weighted by Gasteiger charge is -2.20. The van der Waals surface area contributed by atoms with Crippen molar-refractivity contribution in [1.82, 2.24) is 4.90 Å². The number of amides is 1. The maximum absolute atomic E-state index is 12.2. The molecule has 0 aliphatic carbocycles. The van der Waals surface area contributed by atoms with Gasteiger partial charge in [0.25, 0.3) is 5.69 Å². The van der Waals surface area contributed by atoms with E-state index in [-0.39, 0.29) is 24.7 Å². The first-order chi connectivity index (χ1) is 9.86. The molecule has 1 unspecified atom stereocenters. The van der Waals surface area contributed by atoms with Crippen molar-refractivity contribution in [3.05, 3.63) is 39.9 Å². The van der Waals surface area contributed by atoms with E-state index in [1.54, 1.807) is 19.9 Å². The molecule has 0 fully saturated rings. The number of non-ortho nitro benzene ring substituents is 1. The summed E-state index contributed by atoms with van der Waals surface area (Å²) in [6, 6.07) is 5.90. The standard InChI is InChI=1S/C14H18N2O5/c1-4-21-13(17)9-15(3)14(18)10(2)11-6-5-7-12(8-11)16(19)20/h5-8,10H,4,9H2,1-3H3. The Morgan fingerprint density at radius 3 is 2.67 bits per heavy atom. The average molecular weight is 294 g/mol. The molecule has 21 heavy (non-hydrogen) atoms. The molecular formula is C14H18N2O5. The molecule has 0 radical (unpaired) electrons. The summed E-state index contributed by atoms with van der Waals surface area (Å²) in [6.07, 6.45) is 0. The van der Waals surface area contributed by atoms with Gasteiger partial charge in [0, 0.05) is 19.2 Å². The van der Waals surface area contributed by atoms with Gasteiger partial charge in [0.2, 0.25) is 5.91 Å². The molecule has 0 aliphatic rings. The van der Waals surface area contributed by atoms with Gasteiger partial charge >= 0.3 is 5.97 Å². The van der Waals surface area contributed by atoms with Gasteiger partial charge in [-0.25, -0.2) is 0 Å². The maximum Gasteiger partial charge on any atom is 0.325 e. The SMILES string of the molecule is CCOC(=O)CN(C)C(=O)C(C)c1cccc([N+](=O)[O-])c1. The van der Waals surface area contributed by atoms with Crippen LogP contribution in [0.15, 0.2) is 24.3 Å². The van der Waals surface area contributed by atoms with E-state index in [1.165, 1.54) is 30.1 Å². The summed E-state index contributed by atoms with van der Waals surface area (Å²) in [5.74, 6) is -1.37. The number of rotatable bonds is 6. The van der Waals surface area contributed by atoms with Crippen LogP contribution < -0.4 is 0 Å². The molecule has 0 saturated heterocycles. The number of hydrogen-bond acceptors (Lipinski definition) is 5. The third-order valence-corrected chi connectivity index (χ3v) is 3.00. The van der Waals surface area contributed by atoms with Gasteiger partial charge in [-0.15, -0.1) is 0 Å². The summed E-state index contributed by atoms with van der Waals surface area (Å²) in [4.78, 5) is 35.1. The Morgan fingerprint density at radius 1 is 1.43 bits per heavy atom. The summed E-state index contributed by atoms with van der Waals surface area (Å²) in [6.45, 7) is 3.43. The highest BCUT2D eigenvalue weighted by Gasteiger charge is 2.22. The number of hydrogen-bond donors (Lipinski definition) is 0. The summed E-state index contributed by atoms with van der Waals surface area (Å²) < 4.78 is 4.78. The Bertz CT molecular complexity index is 544. The number of nitrogens with zero attached hydrogens (tertiary/aromatic N) is 2. The van der Waals surface area contributed by atoms with Crippen molar-refractivity contribution < 1.29 is 19.2 Å². The molecule has 0 aromatic heterocycles. The normalized spacial score (nSPS) is 11.6. The Hall–Kier alpha value is -2.44. The summed E-state index contributed by atoms with van der Waals surface area (Å²) >= 11 is 0. The van der Waals surface area contributed by atoms with Gasteiger partial charge < -0.3 is 9.64 Å². The Labute approximate surface area is 122 Å². The second-order valence-electron chi connectivity index (χ2n) is 4.57. The van der Waals surface area contributed by atoms with Crippen LogP contribution in [0.4, 0.5) is 5.69 Å². The van der Waals surface area contributed by atoms with Crippen molar-refractivity contribution in [2.75, 3.05) is 20.2 Å². The zero-order valence-corrected chi connectivity index (χ0v) is 12.2. The van der Waals surface area contributed by atoms with Crippen molar-refractivity contribution in [2.24, 2.45) is 0 Å². The van der Waals surface area contributed by atoms with Crippen molar-refractivity contribution >= 4 is 17.6 Å². The summed E-state index contributed by atoms with van der Waals surface area (Å²) in [5.41, 5.74) is 0.463. The third-order valence-electron chi connectivity index (χ3n) is 3.00. The lowest BCUT2D eigenvalue weighted by Crippen LogP contribution is -2.35. The van der Waals surface area contributed by atoms with Crippen LogP contribution in [0.3, 0.4) is 0 Å². The fourth-order valence-corrected chi connectivity index (χ4v) is 1.86. The molecule has 1 rings (SSSR count). The van der Waals surface area contributed by atoms with Gasteiger partial charge in [0.05, 0.1) is 17.4 Å². The smallest absolute Gasteiger partial charge is 0.325 e. The lowest BCUT2D eigenvalue weighted by molar-refractivity contribution is -0.384. The topological polar surface area (TPSA) is 89.8 Å². The van der Waals surface area contributed by atoms with Crippen LogP contribution in [0.25, 0.3) is 0 Å².